The number of fused-ring (bicyclic) bond motifs is 8. The van der Waals surface area contributed by atoms with Crippen LogP contribution in [0.3, 0.4) is 0 Å². The van der Waals surface area contributed by atoms with Gasteiger partial charge >= 0.3 is 0 Å². The molecule has 0 aromatic heterocycles. The molecule has 0 saturated heterocycles. The first kappa shape index (κ1) is 34.7. The van der Waals surface area contributed by atoms with Gasteiger partial charge in [-0.3, -0.25) is 0 Å². The second-order valence-electron chi connectivity index (χ2n) is 18.7. The van der Waals surface area contributed by atoms with E-state index in [1.807, 2.05) is 0 Å². The lowest BCUT2D eigenvalue weighted by Gasteiger charge is -2.42. The van der Waals surface area contributed by atoms with Gasteiger partial charge in [-0.2, -0.15) is 0 Å². The third-order valence-electron chi connectivity index (χ3n) is 14.9. The highest BCUT2D eigenvalue weighted by Gasteiger charge is 2.45. The van der Waals surface area contributed by atoms with E-state index < -0.39 is 0 Å². The van der Waals surface area contributed by atoms with E-state index in [9.17, 15) is 0 Å². The molecule has 0 atom stereocenters. The molecule has 4 aliphatic heterocycles. The minimum atomic E-state index is 0.103. The highest BCUT2D eigenvalue weighted by atomic mass is 15.2. The van der Waals surface area contributed by atoms with Crippen molar-refractivity contribution in [1.82, 2.24) is 0 Å². The Labute approximate surface area is 363 Å². The van der Waals surface area contributed by atoms with Crippen LogP contribution in [0.25, 0.3) is 54.6 Å². The third kappa shape index (κ3) is 4.27. The number of hydrogen-bond donors (Lipinski definition) is 0. The topological polar surface area (TPSA) is 6.48 Å². The molecule has 0 bridgehead atoms. The van der Waals surface area contributed by atoms with Crippen molar-refractivity contribution >= 4 is 113 Å². The molecule has 0 unspecified atom stereocenters. The lowest BCUT2D eigenvalue weighted by Crippen LogP contribution is -2.60. The summed E-state index contributed by atoms with van der Waals surface area (Å²) in [5.41, 5.74) is 24.3. The second-order valence-corrected chi connectivity index (χ2v) is 18.7. The number of para-hydroxylation sites is 4. The Hall–Kier alpha value is -7.03. The number of anilines is 6. The Morgan fingerprint density at radius 3 is 1.15 bits per heavy atom. The quantitative estimate of drug-likeness (QED) is 0.129. The normalized spacial score (nSPS) is 14.0. The molecule has 0 aliphatic carbocycles. The van der Waals surface area contributed by atoms with Crippen molar-refractivity contribution in [3.05, 3.63) is 181 Å². The summed E-state index contributed by atoms with van der Waals surface area (Å²) in [6.45, 7) is 9.80. The summed E-state index contributed by atoms with van der Waals surface area (Å²) in [4.78, 5) is 5.01. The zero-order valence-corrected chi connectivity index (χ0v) is 35.4. The fraction of sp³-hybridized carbons (Fsp3) is 0.103. The fourth-order valence-corrected chi connectivity index (χ4v) is 12.5. The summed E-state index contributed by atoms with van der Waals surface area (Å²) < 4.78 is 0. The molecule has 0 N–H and O–H groups in total. The van der Waals surface area contributed by atoms with Crippen LogP contribution in [0, 0.1) is 0 Å². The van der Waals surface area contributed by atoms with Crippen LogP contribution in [0.5, 0.6) is 0 Å². The van der Waals surface area contributed by atoms with Crippen LogP contribution in [-0.4, -0.2) is 13.4 Å². The predicted octanol–water partition coefficient (Wildman–Crippen LogP) is 11.4. The van der Waals surface area contributed by atoms with Gasteiger partial charge in [-0.15, -0.1) is 0 Å². The molecule has 10 aromatic carbocycles. The van der Waals surface area contributed by atoms with Gasteiger partial charge in [0.1, 0.15) is 0 Å². The molecule has 0 fully saturated rings. The zero-order chi connectivity index (χ0) is 41.1. The van der Waals surface area contributed by atoms with Crippen molar-refractivity contribution in [2.45, 2.75) is 39.5 Å². The average molecular weight is 789 g/mol. The van der Waals surface area contributed by atoms with E-state index in [1.165, 1.54) is 133 Å². The molecule has 0 radical (unpaired) electrons. The van der Waals surface area contributed by atoms with Crippen molar-refractivity contribution in [3.63, 3.8) is 0 Å². The van der Waals surface area contributed by atoms with E-state index in [0.717, 1.165) is 0 Å². The maximum absolute atomic E-state index is 2.66. The van der Waals surface area contributed by atoms with Gasteiger partial charge in [0.25, 0.3) is 0 Å². The van der Waals surface area contributed by atoms with Gasteiger partial charge in [0, 0.05) is 34.1 Å². The largest absolute Gasteiger partial charge is 0.312 e. The number of hydrogen-bond acceptors (Lipinski definition) is 2. The molecular formula is C58H42B2N2. The molecule has 14 rings (SSSR count). The van der Waals surface area contributed by atoms with Crippen LogP contribution < -0.4 is 42.6 Å². The molecule has 290 valence electrons. The molecule has 0 spiro atoms. The maximum Gasteiger partial charge on any atom is 0.248 e. The fourth-order valence-electron chi connectivity index (χ4n) is 12.5. The molecule has 4 heteroatoms. The van der Waals surface area contributed by atoms with Crippen molar-refractivity contribution in [2.24, 2.45) is 0 Å². The Bertz CT molecular complexity index is 3320. The first-order chi connectivity index (χ1) is 30.5. The van der Waals surface area contributed by atoms with Gasteiger partial charge in [0.2, 0.25) is 13.4 Å². The molecule has 10 aromatic rings. The van der Waals surface area contributed by atoms with Gasteiger partial charge in [0.15, 0.2) is 0 Å². The monoisotopic (exact) mass is 788 g/mol. The maximum atomic E-state index is 2.66. The van der Waals surface area contributed by atoms with Crippen LogP contribution in [0.1, 0.15) is 50.7 Å². The molecule has 4 heterocycles. The number of nitrogens with zero attached hydrogens (tertiary/aromatic N) is 2. The van der Waals surface area contributed by atoms with E-state index >= 15 is 0 Å². The first-order valence-corrected chi connectivity index (χ1v) is 22.5. The van der Waals surface area contributed by atoms with Crippen LogP contribution in [-0.2, 0) is 0 Å². The Balaban J connectivity index is 1.16. The number of rotatable bonds is 4. The van der Waals surface area contributed by atoms with Gasteiger partial charge in [-0.05, 0) is 160 Å². The predicted molar refractivity (Wildman–Crippen MR) is 268 cm³/mol. The molecule has 4 aliphatic rings. The summed E-state index contributed by atoms with van der Waals surface area (Å²) >= 11 is 0. The summed E-state index contributed by atoms with van der Waals surface area (Å²) in [6.07, 6.45) is 0. The Kier molecular flexibility index (Phi) is 6.87. The minimum absolute atomic E-state index is 0.103. The smallest absolute Gasteiger partial charge is 0.248 e. The van der Waals surface area contributed by atoms with Crippen LogP contribution in [0.15, 0.2) is 170 Å². The summed E-state index contributed by atoms with van der Waals surface area (Å²) in [7, 11) is 0. The first-order valence-electron chi connectivity index (χ1n) is 22.5. The van der Waals surface area contributed by atoms with Crippen molar-refractivity contribution in [1.29, 1.82) is 0 Å². The molecule has 0 saturated carbocycles. The van der Waals surface area contributed by atoms with Crippen molar-refractivity contribution in [2.75, 3.05) is 9.80 Å². The van der Waals surface area contributed by atoms with Crippen molar-refractivity contribution < 1.29 is 0 Å². The van der Waals surface area contributed by atoms with Gasteiger partial charge < -0.3 is 9.80 Å². The van der Waals surface area contributed by atoms with Gasteiger partial charge in [-0.25, -0.2) is 0 Å². The summed E-state index contributed by atoms with van der Waals surface area (Å²) in [5, 5.41) is 8.61. The van der Waals surface area contributed by atoms with E-state index in [4.69, 9.17) is 0 Å². The minimum Gasteiger partial charge on any atom is -0.312 e. The van der Waals surface area contributed by atoms with E-state index in [2.05, 4.69) is 207 Å². The Morgan fingerprint density at radius 2 is 0.726 bits per heavy atom. The highest BCUT2D eigenvalue weighted by Crippen LogP contribution is 2.51. The summed E-state index contributed by atoms with van der Waals surface area (Å²) in [5.74, 6) is 0.654. The molecule has 62 heavy (non-hydrogen) atoms. The van der Waals surface area contributed by atoms with Crippen LogP contribution in [0.4, 0.5) is 34.1 Å². The van der Waals surface area contributed by atoms with Gasteiger partial charge in [0.05, 0.1) is 0 Å². The van der Waals surface area contributed by atoms with E-state index in [1.54, 1.807) is 0 Å². The molecular weight excluding hydrogens is 746 g/mol. The SMILES string of the molecule is CC(C)c1cc2c3c(cc4c(C(C)C)cc5c6c(cc1c3c46)B1c3ccccc3N(c3ccccc3)c3cccc-5c31)B1c3ccccc3N(c3ccccc3)c3cccc-2c31. The van der Waals surface area contributed by atoms with Crippen LogP contribution in [0.2, 0.25) is 0 Å². The molecule has 0 amide bonds. The standard InChI is InChI=1S/C58H42B2N2/c1-33(2)39-29-41-37-21-15-27-51-57(37)60(46-24-12-14-26-50(46)61(51)35-17-7-5-8-18-35)48-32-44-40(34(3)4)30-42-38-22-16-28-52-58(38)59(47-31-43(39)55(53(41)48)56(44)54(42)47)45-23-11-13-25-49(45)62(52)36-19-9-6-10-20-36/h5-34H,1-4H3. The zero-order valence-electron chi connectivity index (χ0n) is 35.4. The Morgan fingerprint density at radius 1 is 0.339 bits per heavy atom. The lowest BCUT2D eigenvalue weighted by atomic mass is 9.31. The number of benzene rings is 10. The highest BCUT2D eigenvalue weighted by molar-refractivity contribution is 7.02. The van der Waals surface area contributed by atoms with E-state index in [0.29, 0.717) is 11.8 Å². The average Bonchev–Trinajstić information content (AvgIpc) is 3.31. The van der Waals surface area contributed by atoms with Crippen LogP contribution >= 0.6 is 0 Å². The lowest BCUT2D eigenvalue weighted by molar-refractivity contribution is 0.876. The third-order valence-corrected chi connectivity index (χ3v) is 14.9. The van der Waals surface area contributed by atoms with E-state index in [-0.39, 0.29) is 13.4 Å². The van der Waals surface area contributed by atoms with Gasteiger partial charge in [-0.1, -0.05) is 148 Å². The summed E-state index contributed by atoms with van der Waals surface area (Å²) in [6, 6.07) is 64.9. The second kappa shape index (κ2) is 12.3. The van der Waals surface area contributed by atoms with Crippen molar-refractivity contribution in [3.8, 4) is 22.3 Å². The molecule has 2 nitrogen and oxygen atoms in total.